The highest BCUT2D eigenvalue weighted by molar-refractivity contribution is 5.73. The monoisotopic (exact) mass is 287 g/mol. The van der Waals surface area contributed by atoms with E-state index in [0.29, 0.717) is 5.56 Å². The largest absolute Gasteiger partial charge is 0.338 e. The molecular formula is C13H16F3N3O. The number of nitrogens with one attached hydrogen (secondary N) is 2. The zero-order valence-corrected chi connectivity index (χ0v) is 11.0. The average Bonchev–Trinajstić information content (AvgIpc) is 2.35. The summed E-state index contributed by atoms with van der Waals surface area (Å²) in [5.74, 6) is -3.55. The maximum atomic E-state index is 13.1. The first-order valence-electron chi connectivity index (χ1n) is 5.97. The Bertz CT molecular complexity index is 486. The summed E-state index contributed by atoms with van der Waals surface area (Å²) in [6.07, 6.45) is 1.30. The van der Waals surface area contributed by atoms with E-state index in [2.05, 4.69) is 22.2 Å². The summed E-state index contributed by atoms with van der Waals surface area (Å²) in [6.45, 7) is 4.01. The number of hydrogen-bond donors (Lipinski definition) is 2. The van der Waals surface area contributed by atoms with Crippen molar-refractivity contribution in [1.29, 1.82) is 0 Å². The zero-order valence-electron chi connectivity index (χ0n) is 11.0. The van der Waals surface area contributed by atoms with Gasteiger partial charge in [-0.2, -0.15) is 8.78 Å². The Morgan fingerprint density at radius 1 is 1.45 bits per heavy atom. The molecule has 0 atom stereocenters. The summed E-state index contributed by atoms with van der Waals surface area (Å²) in [4.78, 5) is 14.9. The van der Waals surface area contributed by atoms with Crippen LogP contribution in [0.4, 0.5) is 18.0 Å². The summed E-state index contributed by atoms with van der Waals surface area (Å²) < 4.78 is 38.5. The molecule has 7 heteroatoms. The fraction of sp³-hybridized carbons (Fsp3) is 0.385. The zero-order chi connectivity index (χ0) is 15.2. The van der Waals surface area contributed by atoms with E-state index in [1.54, 1.807) is 0 Å². The molecule has 0 unspecified atom stereocenters. The SMILES string of the molecule is C=C(F)CCNC(=O)NCc1ccnc(C(C)(F)F)c1. The van der Waals surface area contributed by atoms with E-state index < -0.39 is 17.8 Å². The molecule has 0 fully saturated rings. The van der Waals surface area contributed by atoms with Crippen LogP contribution < -0.4 is 10.6 Å². The lowest BCUT2D eigenvalue weighted by atomic mass is 10.1. The topological polar surface area (TPSA) is 54.0 Å². The van der Waals surface area contributed by atoms with Gasteiger partial charge in [-0.25, -0.2) is 9.18 Å². The quantitative estimate of drug-likeness (QED) is 0.845. The first kappa shape index (κ1) is 16.0. The summed E-state index contributed by atoms with van der Waals surface area (Å²) in [7, 11) is 0. The molecule has 4 nitrogen and oxygen atoms in total. The Balaban J connectivity index is 2.45. The fourth-order valence-electron chi connectivity index (χ4n) is 1.38. The van der Waals surface area contributed by atoms with Crippen LogP contribution in [0, 0.1) is 0 Å². The van der Waals surface area contributed by atoms with Crippen molar-refractivity contribution < 1.29 is 18.0 Å². The highest BCUT2D eigenvalue weighted by Crippen LogP contribution is 2.25. The van der Waals surface area contributed by atoms with Gasteiger partial charge in [0, 0.05) is 32.6 Å². The van der Waals surface area contributed by atoms with Crippen LogP contribution in [0.25, 0.3) is 0 Å². The van der Waals surface area contributed by atoms with Crippen molar-refractivity contribution in [2.45, 2.75) is 25.8 Å². The Kier molecular flexibility index (Phi) is 5.54. The number of urea groups is 1. The molecule has 0 aliphatic heterocycles. The molecule has 0 aliphatic carbocycles. The van der Waals surface area contributed by atoms with Crippen molar-refractivity contribution in [3.05, 3.63) is 42.0 Å². The summed E-state index contributed by atoms with van der Waals surface area (Å²) in [5.41, 5.74) is 0.146. The van der Waals surface area contributed by atoms with Crippen molar-refractivity contribution in [3.63, 3.8) is 0 Å². The second-order valence-electron chi connectivity index (χ2n) is 4.31. The molecule has 1 heterocycles. The minimum absolute atomic E-state index is 0.0366. The molecule has 110 valence electrons. The Labute approximate surface area is 115 Å². The maximum Gasteiger partial charge on any atom is 0.315 e. The first-order valence-corrected chi connectivity index (χ1v) is 5.97. The number of pyridine rings is 1. The normalized spacial score (nSPS) is 11.0. The van der Waals surface area contributed by atoms with Crippen LogP contribution in [0.1, 0.15) is 24.6 Å². The van der Waals surface area contributed by atoms with Crippen molar-refractivity contribution >= 4 is 6.03 Å². The third kappa shape index (κ3) is 5.73. The van der Waals surface area contributed by atoms with Crippen LogP contribution in [-0.4, -0.2) is 17.6 Å². The third-order valence-corrected chi connectivity index (χ3v) is 2.41. The van der Waals surface area contributed by atoms with Crippen LogP contribution in [-0.2, 0) is 12.5 Å². The molecule has 0 aliphatic rings. The minimum atomic E-state index is -3.03. The molecule has 0 aromatic carbocycles. The Morgan fingerprint density at radius 3 is 2.75 bits per heavy atom. The fourth-order valence-corrected chi connectivity index (χ4v) is 1.38. The molecule has 2 amide bonds. The van der Waals surface area contributed by atoms with E-state index >= 15 is 0 Å². The number of hydrogen-bond acceptors (Lipinski definition) is 2. The lowest BCUT2D eigenvalue weighted by Gasteiger charge is -2.11. The van der Waals surface area contributed by atoms with E-state index in [1.165, 1.54) is 18.3 Å². The van der Waals surface area contributed by atoms with E-state index in [9.17, 15) is 18.0 Å². The highest BCUT2D eigenvalue weighted by Gasteiger charge is 2.26. The number of carbonyl (C=O) groups excluding carboxylic acids is 1. The predicted octanol–water partition coefficient (Wildman–Crippen LogP) is 2.87. The molecule has 0 saturated heterocycles. The second-order valence-corrected chi connectivity index (χ2v) is 4.31. The van der Waals surface area contributed by atoms with Crippen LogP contribution >= 0.6 is 0 Å². The number of halogens is 3. The third-order valence-electron chi connectivity index (χ3n) is 2.41. The second kappa shape index (κ2) is 6.93. The minimum Gasteiger partial charge on any atom is -0.338 e. The van der Waals surface area contributed by atoms with E-state index in [4.69, 9.17) is 0 Å². The van der Waals surface area contributed by atoms with Gasteiger partial charge < -0.3 is 10.6 Å². The van der Waals surface area contributed by atoms with Gasteiger partial charge in [-0.1, -0.05) is 6.58 Å². The molecule has 0 spiro atoms. The van der Waals surface area contributed by atoms with Crippen LogP contribution in [0.15, 0.2) is 30.7 Å². The molecule has 1 aromatic rings. The smallest absolute Gasteiger partial charge is 0.315 e. The van der Waals surface area contributed by atoms with Crippen LogP contribution in [0.5, 0.6) is 0 Å². The van der Waals surface area contributed by atoms with E-state index in [0.717, 1.165) is 6.92 Å². The lowest BCUT2D eigenvalue weighted by molar-refractivity contribution is 0.0127. The maximum absolute atomic E-state index is 13.1. The number of amides is 2. The van der Waals surface area contributed by atoms with E-state index in [1.807, 2.05) is 0 Å². The van der Waals surface area contributed by atoms with Gasteiger partial charge in [-0.15, -0.1) is 0 Å². The molecule has 1 aromatic heterocycles. The summed E-state index contributed by atoms with van der Waals surface area (Å²) in [5, 5.41) is 4.89. The molecule has 0 radical (unpaired) electrons. The molecule has 1 rings (SSSR count). The molecule has 0 saturated carbocycles. The van der Waals surface area contributed by atoms with Gasteiger partial charge in [0.1, 0.15) is 5.69 Å². The average molecular weight is 287 g/mol. The Hall–Kier alpha value is -2.05. The van der Waals surface area contributed by atoms with Gasteiger partial charge in [-0.3, -0.25) is 4.98 Å². The van der Waals surface area contributed by atoms with Crippen LogP contribution in [0.3, 0.4) is 0 Å². The lowest BCUT2D eigenvalue weighted by Crippen LogP contribution is -2.35. The number of alkyl halides is 2. The van der Waals surface area contributed by atoms with Crippen molar-refractivity contribution in [3.8, 4) is 0 Å². The molecular weight excluding hydrogens is 271 g/mol. The van der Waals surface area contributed by atoms with Crippen molar-refractivity contribution in [2.24, 2.45) is 0 Å². The highest BCUT2D eigenvalue weighted by atomic mass is 19.3. The van der Waals surface area contributed by atoms with E-state index in [-0.39, 0.29) is 25.2 Å². The number of carbonyl (C=O) groups is 1. The predicted molar refractivity (Wildman–Crippen MR) is 68.9 cm³/mol. The summed E-state index contributed by atoms with van der Waals surface area (Å²) in [6, 6.07) is 2.25. The standard InChI is InChI=1S/C13H16F3N3O/c1-9(14)3-5-18-12(20)19-8-10-4-6-17-11(7-10)13(2,15)16/h4,6-7H,1,3,5,8H2,2H3,(H2,18,19,20). The Morgan fingerprint density at radius 2 is 2.15 bits per heavy atom. The van der Waals surface area contributed by atoms with Crippen LogP contribution in [0.2, 0.25) is 0 Å². The van der Waals surface area contributed by atoms with Crippen molar-refractivity contribution in [1.82, 2.24) is 15.6 Å². The molecule has 20 heavy (non-hydrogen) atoms. The number of aromatic nitrogens is 1. The number of rotatable bonds is 6. The van der Waals surface area contributed by atoms with Gasteiger partial charge in [0.05, 0.1) is 5.83 Å². The molecule has 2 N–H and O–H groups in total. The first-order chi connectivity index (χ1) is 9.29. The number of nitrogens with zero attached hydrogens (tertiary/aromatic N) is 1. The van der Waals surface area contributed by atoms with Gasteiger partial charge in [0.2, 0.25) is 0 Å². The summed E-state index contributed by atoms with van der Waals surface area (Å²) >= 11 is 0. The van der Waals surface area contributed by atoms with Crippen molar-refractivity contribution in [2.75, 3.05) is 6.54 Å². The molecule has 0 bridgehead atoms. The van der Waals surface area contributed by atoms with Gasteiger partial charge in [-0.05, 0) is 17.7 Å². The van der Waals surface area contributed by atoms with Gasteiger partial charge in [0.25, 0.3) is 5.92 Å². The van der Waals surface area contributed by atoms with Gasteiger partial charge >= 0.3 is 6.03 Å². The van der Waals surface area contributed by atoms with Gasteiger partial charge in [0.15, 0.2) is 0 Å².